The second-order valence-corrected chi connectivity index (χ2v) is 5.99. The van der Waals surface area contributed by atoms with E-state index >= 15 is 0 Å². The van der Waals surface area contributed by atoms with Crippen LogP contribution in [0, 0.1) is 5.41 Å². The van der Waals surface area contributed by atoms with Gasteiger partial charge in [0.15, 0.2) is 0 Å². The quantitative estimate of drug-likeness (QED) is 0.599. The van der Waals surface area contributed by atoms with Gasteiger partial charge in [0.25, 0.3) is 0 Å². The van der Waals surface area contributed by atoms with Crippen LogP contribution in [0.3, 0.4) is 0 Å². The summed E-state index contributed by atoms with van der Waals surface area (Å²) in [6.45, 7) is 7.05. The first-order valence-electron chi connectivity index (χ1n) is 6.08. The average Bonchev–Trinajstić information content (AvgIpc) is 2.60. The van der Waals surface area contributed by atoms with Crippen LogP contribution in [0.4, 0.5) is 0 Å². The number of hydrogen-bond donors (Lipinski definition) is 0. The van der Waals surface area contributed by atoms with Gasteiger partial charge in [-0.1, -0.05) is 57.2 Å². The van der Waals surface area contributed by atoms with Gasteiger partial charge in [0, 0.05) is 0 Å². The topological polar surface area (TPSA) is 0 Å². The van der Waals surface area contributed by atoms with E-state index in [9.17, 15) is 0 Å². The van der Waals surface area contributed by atoms with Crippen molar-refractivity contribution >= 4 is 10.8 Å². The summed E-state index contributed by atoms with van der Waals surface area (Å²) >= 11 is 0. The molecule has 0 saturated heterocycles. The van der Waals surface area contributed by atoms with Crippen LogP contribution >= 0.6 is 0 Å². The Hall–Kier alpha value is -1.30. The fraction of sp³-hybridized carbons (Fsp3) is 0.375. The molecule has 0 aromatic heterocycles. The smallest absolute Gasteiger partial charge is 0.00663 e. The molecule has 16 heavy (non-hydrogen) atoms. The molecular formula is C16H18. The summed E-state index contributed by atoms with van der Waals surface area (Å²) in [5.41, 5.74) is 3.45. The maximum atomic E-state index is 2.35. The minimum absolute atomic E-state index is 0.354. The molecule has 0 N–H and O–H groups in total. The van der Waals surface area contributed by atoms with Crippen molar-refractivity contribution in [2.75, 3.05) is 0 Å². The Morgan fingerprint density at radius 3 is 2.38 bits per heavy atom. The molecule has 0 aliphatic heterocycles. The van der Waals surface area contributed by atoms with Crippen molar-refractivity contribution < 1.29 is 0 Å². The standard InChI is InChI=1S/C16H18/c1-16(2,3)14-10-12-8-4-6-11-7-5-9-13(14)15(11)12/h4-9,14H,10H2,1-3H3. The highest BCUT2D eigenvalue weighted by Gasteiger charge is 2.32. The highest BCUT2D eigenvalue weighted by Crippen LogP contribution is 2.46. The molecule has 82 valence electrons. The molecule has 0 fully saturated rings. The molecule has 1 unspecified atom stereocenters. The lowest BCUT2D eigenvalue weighted by atomic mass is 9.77. The van der Waals surface area contributed by atoms with E-state index in [1.807, 2.05) is 0 Å². The van der Waals surface area contributed by atoms with Gasteiger partial charge in [-0.15, -0.1) is 0 Å². The Morgan fingerprint density at radius 2 is 1.69 bits per heavy atom. The lowest BCUT2D eigenvalue weighted by Gasteiger charge is -2.27. The zero-order valence-electron chi connectivity index (χ0n) is 10.2. The van der Waals surface area contributed by atoms with Crippen molar-refractivity contribution in [2.24, 2.45) is 5.41 Å². The maximum absolute atomic E-state index is 2.35. The molecule has 1 atom stereocenters. The van der Waals surface area contributed by atoms with Crippen molar-refractivity contribution in [3.05, 3.63) is 47.5 Å². The lowest BCUT2D eigenvalue weighted by molar-refractivity contribution is 0.325. The molecule has 0 nitrogen and oxygen atoms in total. The Balaban J connectivity index is 2.29. The van der Waals surface area contributed by atoms with E-state index in [2.05, 4.69) is 57.2 Å². The summed E-state index contributed by atoms with van der Waals surface area (Å²) in [4.78, 5) is 0. The second kappa shape index (κ2) is 3.10. The van der Waals surface area contributed by atoms with Crippen molar-refractivity contribution in [1.29, 1.82) is 0 Å². The molecule has 2 aromatic carbocycles. The first-order chi connectivity index (χ1) is 7.57. The number of benzene rings is 2. The molecule has 0 amide bonds. The molecule has 3 rings (SSSR count). The van der Waals surface area contributed by atoms with E-state index in [1.165, 1.54) is 22.8 Å². The van der Waals surface area contributed by atoms with E-state index < -0.39 is 0 Å². The number of rotatable bonds is 0. The second-order valence-electron chi connectivity index (χ2n) is 5.99. The van der Waals surface area contributed by atoms with Gasteiger partial charge in [-0.25, -0.2) is 0 Å². The van der Waals surface area contributed by atoms with Gasteiger partial charge in [-0.2, -0.15) is 0 Å². The van der Waals surface area contributed by atoms with Crippen LogP contribution in [0.1, 0.15) is 37.8 Å². The van der Waals surface area contributed by atoms with Crippen LogP contribution in [0.25, 0.3) is 10.8 Å². The third kappa shape index (κ3) is 1.29. The summed E-state index contributed by atoms with van der Waals surface area (Å²) in [7, 11) is 0. The normalized spacial score (nSPS) is 19.3. The number of hydrogen-bond acceptors (Lipinski definition) is 0. The Labute approximate surface area is 97.3 Å². The molecule has 1 aliphatic rings. The van der Waals surface area contributed by atoms with Gasteiger partial charge in [-0.05, 0) is 39.7 Å². The predicted octanol–water partition coefficient (Wildman–Crippen LogP) is 4.53. The van der Waals surface area contributed by atoms with Crippen LogP contribution in [0.5, 0.6) is 0 Å². The SMILES string of the molecule is CC(C)(C)C1Cc2cccc3cccc1c23. The van der Waals surface area contributed by atoms with Crippen molar-refractivity contribution in [2.45, 2.75) is 33.1 Å². The van der Waals surface area contributed by atoms with E-state index in [4.69, 9.17) is 0 Å². The van der Waals surface area contributed by atoms with Crippen LogP contribution in [-0.2, 0) is 6.42 Å². The van der Waals surface area contributed by atoms with Crippen LogP contribution < -0.4 is 0 Å². The van der Waals surface area contributed by atoms with Gasteiger partial charge in [0.2, 0.25) is 0 Å². The predicted molar refractivity (Wildman–Crippen MR) is 69.8 cm³/mol. The van der Waals surface area contributed by atoms with Crippen LogP contribution in [0.2, 0.25) is 0 Å². The van der Waals surface area contributed by atoms with E-state index in [1.54, 1.807) is 5.56 Å². The molecular weight excluding hydrogens is 192 g/mol. The fourth-order valence-corrected chi connectivity index (χ4v) is 3.01. The molecule has 0 saturated carbocycles. The molecule has 0 spiro atoms. The highest BCUT2D eigenvalue weighted by molar-refractivity contribution is 5.91. The third-order valence-electron chi connectivity index (χ3n) is 3.87. The van der Waals surface area contributed by atoms with Crippen molar-refractivity contribution in [3.8, 4) is 0 Å². The van der Waals surface area contributed by atoms with E-state index in [0.717, 1.165) is 0 Å². The summed E-state index contributed by atoms with van der Waals surface area (Å²) in [6.07, 6.45) is 1.21. The molecule has 1 aliphatic carbocycles. The molecule has 0 heteroatoms. The Bertz CT molecular complexity index is 538. The van der Waals surface area contributed by atoms with E-state index in [0.29, 0.717) is 11.3 Å². The van der Waals surface area contributed by atoms with Gasteiger partial charge < -0.3 is 0 Å². The average molecular weight is 210 g/mol. The molecule has 0 radical (unpaired) electrons. The Kier molecular flexibility index (Phi) is 1.92. The van der Waals surface area contributed by atoms with Crippen LogP contribution in [-0.4, -0.2) is 0 Å². The Morgan fingerprint density at radius 1 is 1.00 bits per heavy atom. The van der Waals surface area contributed by atoms with Crippen LogP contribution in [0.15, 0.2) is 36.4 Å². The summed E-state index contributed by atoms with van der Waals surface area (Å²) < 4.78 is 0. The van der Waals surface area contributed by atoms with Crippen molar-refractivity contribution in [1.82, 2.24) is 0 Å². The summed E-state index contributed by atoms with van der Waals surface area (Å²) in [5.74, 6) is 0.675. The zero-order chi connectivity index (χ0) is 11.3. The summed E-state index contributed by atoms with van der Waals surface area (Å²) in [6, 6.07) is 13.4. The molecule has 0 heterocycles. The molecule has 0 bridgehead atoms. The summed E-state index contributed by atoms with van der Waals surface area (Å²) in [5, 5.41) is 2.92. The zero-order valence-corrected chi connectivity index (χ0v) is 10.2. The van der Waals surface area contributed by atoms with Crippen molar-refractivity contribution in [3.63, 3.8) is 0 Å². The minimum Gasteiger partial charge on any atom is -0.0614 e. The largest absolute Gasteiger partial charge is 0.0614 e. The van der Waals surface area contributed by atoms with Gasteiger partial charge in [0.05, 0.1) is 0 Å². The third-order valence-corrected chi connectivity index (χ3v) is 3.87. The van der Waals surface area contributed by atoms with Gasteiger partial charge in [0.1, 0.15) is 0 Å². The monoisotopic (exact) mass is 210 g/mol. The van der Waals surface area contributed by atoms with Gasteiger partial charge >= 0.3 is 0 Å². The first kappa shape index (κ1) is 9.89. The van der Waals surface area contributed by atoms with Gasteiger partial charge in [-0.3, -0.25) is 0 Å². The first-order valence-corrected chi connectivity index (χ1v) is 6.08. The maximum Gasteiger partial charge on any atom is -0.00663 e. The van der Waals surface area contributed by atoms with E-state index in [-0.39, 0.29) is 0 Å². The fourth-order valence-electron chi connectivity index (χ4n) is 3.01. The minimum atomic E-state index is 0.354. The lowest BCUT2D eigenvalue weighted by Crippen LogP contribution is -2.17. The molecule has 2 aromatic rings. The highest BCUT2D eigenvalue weighted by atomic mass is 14.4.